The molecule has 1 aromatic rings. The van der Waals surface area contributed by atoms with E-state index in [0.29, 0.717) is 49.7 Å². The number of allylic oxidation sites excluding steroid dienone is 4. The van der Waals surface area contributed by atoms with E-state index in [-0.39, 0.29) is 35.9 Å². The summed E-state index contributed by atoms with van der Waals surface area (Å²) in [5.41, 5.74) is -1.77. The standard InChI is InChI=1S/C33H41FN2O9/c1-31-17-28(39)33(34)25(10-9-22-16-23(37)13-14-32(22,33)2)24(31)11-12-26(31)27(38)19-44-29(40)18-35-30(41)21-7-5-20(6-8-21)4-3-15-45-36(42)43/h5-8,13-14,16,24-26,28,39,42-43H,3-4,9-12,15,17-19H2,1-2H3,(H,35,41)/t24?,25-,26?,28-,31-,32-,33?/m0/s1. The number of aliphatic hydroxyl groups excluding tert-OH is 1. The summed E-state index contributed by atoms with van der Waals surface area (Å²) >= 11 is 0. The van der Waals surface area contributed by atoms with Crippen LogP contribution in [0.3, 0.4) is 0 Å². The van der Waals surface area contributed by atoms with Crippen molar-refractivity contribution >= 4 is 23.4 Å². The number of esters is 1. The number of carbonyl (C=O) groups is 4. The fourth-order valence-corrected chi connectivity index (χ4v) is 8.54. The summed E-state index contributed by atoms with van der Waals surface area (Å²) in [5.74, 6) is -2.84. The summed E-state index contributed by atoms with van der Waals surface area (Å²) in [6.07, 6.45) is 6.52. The van der Waals surface area contributed by atoms with Crippen LogP contribution in [0.5, 0.6) is 0 Å². The highest BCUT2D eigenvalue weighted by molar-refractivity contribution is 6.01. The van der Waals surface area contributed by atoms with Crippen molar-refractivity contribution in [3.8, 4) is 0 Å². The number of aliphatic hydroxyl groups is 1. The molecule has 4 aliphatic rings. The van der Waals surface area contributed by atoms with Gasteiger partial charge in [0.05, 0.1) is 18.1 Å². The average molecular weight is 629 g/mol. The second-order valence-electron chi connectivity index (χ2n) is 13.2. The number of nitrogens with one attached hydrogen (secondary N) is 1. The van der Waals surface area contributed by atoms with Crippen LogP contribution in [0.2, 0.25) is 0 Å². The Morgan fingerprint density at radius 1 is 1.09 bits per heavy atom. The molecule has 5 rings (SSSR count). The van der Waals surface area contributed by atoms with Crippen molar-refractivity contribution in [1.82, 2.24) is 10.7 Å². The summed E-state index contributed by atoms with van der Waals surface area (Å²) in [7, 11) is 0. The van der Waals surface area contributed by atoms with Gasteiger partial charge in [0.15, 0.2) is 17.2 Å². The van der Waals surface area contributed by atoms with Crippen molar-refractivity contribution in [2.45, 2.75) is 70.6 Å². The molecule has 11 nitrogen and oxygen atoms in total. The Morgan fingerprint density at radius 2 is 1.82 bits per heavy atom. The minimum absolute atomic E-state index is 0.0895. The molecule has 1 amide bonds. The van der Waals surface area contributed by atoms with E-state index >= 15 is 4.39 Å². The molecule has 3 saturated carbocycles. The molecule has 4 N–H and O–H groups in total. The second kappa shape index (κ2) is 12.8. The lowest BCUT2D eigenvalue weighted by Crippen LogP contribution is -2.66. The van der Waals surface area contributed by atoms with Gasteiger partial charge in [0.25, 0.3) is 5.91 Å². The number of benzene rings is 1. The van der Waals surface area contributed by atoms with Gasteiger partial charge in [-0.05, 0) is 93.1 Å². The molecule has 0 radical (unpaired) electrons. The lowest BCUT2D eigenvalue weighted by atomic mass is 9.45. The van der Waals surface area contributed by atoms with E-state index in [1.54, 1.807) is 37.3 Å². The predicted molar refractivity (Wildman–Crippen MR) is 156 cm³/mol. The molecule has 0 aliphatic heterocycles. The van der Waals surface area contributed by atoms with E-state index in [4.69, 9.17) is 15.2 Å². The maximum Gasteiger partial charge on any atom is 0.325 e. The third kappa shape index (κ3) is 6.14. The van der Waals surface area contributed by atoms with Crippen molar-refractivity contribution in [3.05, 3.63) is 59.2 Å². The SMILES string of the molecule is C[C@]12C[C@H](O)C3(F)[C@@H](CCC4=CC(=O)C=C[C@@]43C)C1CCC2C(=O)COC(=O)CNC(=O)c1ccc(CCCON(O)O)cc1. The summed E-state index contributed by atoms with van der Waals surface area (Å²) in [4.78, 5) is 54.8. The van der Waals surface area contributed by atoms with Gasteiger partial charge in [0, 0.05) is 22.8 Å². The number of fused-ring (bicyclic) bond motifs is 5. The monoisotopic (exact) mass is 628 g/mol. The number of Topliss-reactive ketones (excluding diaryl/α,β-unsaturated/α-hetero) is 1. The van der Waals surface area contributed by atoms with Crippen molar-refractivity contribution in [3.63, 3.8) is 0 Å². The maximum absolute atomic E-state index is 17.2. The molecular weight excluding hydrogens is 587 g/mol. The third-order valence-corrected chi connectivity index (χ3v) is 10.8. The molecule has 0 spiro atoms. The number of alkyl halides is 1. The van der Waals surface area contributed by atoms with Crippen molar-refractivity contribution < 1.29 is 48.7 Å². The summed E-state index contributed by atoms with van der Waals surface area (Å²) in [5, 5.41) is 30.6. The Balaban J connectivity index is 1.13. The lowest BCUT2D eigenvalue weighted by molar-refractivity contribution is -0.492. The minimum atomic E-state index is -1.96. The number of ether oxygens (including phenoxy) is 1. The highest BCUT2D eigenvalue weighted by Crippen LogP contribution is 2.68. The van der Waals surface area contributed by atoms with Gasteiger partial charge in [0.2, 0.25) is 0 Å². The molecule has 0 bridgehead atoms. The first kappa shape index (κ1) is 33.1. The van der Waals surface area contributed by atoms with Crippen LogP contribution in [0, 0.1) is 28.6 Å². The van der Waals surface area contributed by atoms with Gasteiger partial charge in [0.1, 0.15) is 13.2 Å². The van der Waals surface area contributed by atoms with Crippen molar-refractivity contribution in [2.75, 3.05) is 19.8 Å². The number of halogens is 1. The van der Waals surface area contributed by atoms with E-state index in [1.165, 1.54) is 12.2 Å². The van der Waals surface area contributed by atoms with Crippen LogP contribution in [-0.2, 0) is 30.4 Å². The van der Waals surface area contributed by atoms with E-state index in [2.05, 4.69) is 10.2 Å². The van der Waals surface area contributed by atoms with E-state index in [0.717, 1.165) is 5.56 Å². The fraction of sp³-hybridized carbons (Fsp3) is 0.576. The van der Waals surface area contributed by atoms with Gasteiger partial charge in [-0.15, -0.1) is 0 Å². The number of hydrogen-bond donors (Lipinski definition) is 4. The number of aryl methyl sites for hydroxylation is 1. The van der Waals surface area contributed by atoms with Gasteiger partial charge in [-0.3, -0.25) is 34.4 Å². The van der Waals surface area contributed by atoms with Crippen LogP contribution < -0.4 is 5.32 Å². The van der Waals surface area contributed by atoms with Gasteiger partial charge in [-0.25, -0.2) is 4.39 Å². The second-order valence-corrected chi connectivity index (χ2v) is 13.2. The smallest absolute Gasteiger partial charge is 0.325 e. The van der Waals surface area contributed by atoms with Crippen LogP contribution in [-0.4, -0.2) is 75.9 Å². The fourth-order valence-electron chi connectivity index (χ4n) is 8.54. The first-order valence-electron chi connectivity index (χ1n) is 15.5. The maximum atomic E-state index is 17.2. The number of ketones is 2. The highest BCUT2D eigenvalue weighted by Gasteiger charge is 2.70. The number of carbonyl (C=O) groups excluding carboxylic acids is 4. The zero-order valence-electron chi connectivity index (χ0n) is 25.5. The van der Waals surface area contributed by atoms with Crippen LogP contribution in [0.15, 0.2) is 48.1 Å². The Morgan fingerprint density at radius 3 is 2.53 bits per heavy atom. The molecule has 0 aromatic heterocycles. The van der Waals surface area contributed by atoms with Crippen molar-refractivity contribution in [1.29, 1.82) is 0 Å². The van der Waals surface area contributed by atoms with Crippen LogP contribution >= 0.6 is 0 Å². The minimum Gasteiger partial charge on any atom is -0.456 e. The van der Waals surface area contributed by atoms with E-state index < -0.39 is 59.5 Å². The van der Waals surface area contributed by atoms with Crippen LogP contribution in [0.4, 0.5) is 4.39 Å². The van der Waals surface area contributed by atoms with Gasteiger partial charge >= 0.3 is 5.97 Å². The van der Waals surface area contributed by atoms with E-state index in [9.17, 15) is 24.3 Å². The number of nitrogens with zero attached hydrogens (tertiary/aromatic N) is 1. The molecule has 3 unspecified atom stereocenters. The van der Waals surface area contributed by atoms with Crippen LogP contribution in [0.1, 0.15) is 68.3 Å². The summed E-state index contributed by atoms with van der Waals surface area (Å²) in [6.45, 7) is 2.89. The molecule has 1 aromatic carbocycles. The average Bonchev–Trinajstić information content (AvgIpc) is 3.34. The zero-order valence-corrected chi connectivity index (χ0v) is 25.5. The first-order valence-corrected chi connectivity index (χ1v) is 15.5. The Labute approximate surface area is 260 Å². The molecule has 0 saturated heterocycles. The number of hydrogen-bond acceptors (Lipinski definition) is 10. The van der Waals surface area contributed by atoms with Gasteiger partial charge in [-0.2, -0.15) is 0 Å². The predicted octanol–water partition coefficient (Wildman–Crippen LogP) is 3.46. The topological polar surface area (TPSA) is 163 Å². The molecular formula is C33H41FN2O9. The Bertz CT molecular complexity index is 1390. The highest BCUT2D eigenvalue weighted by atomic mass is 19.1. The number of rotatable bonds is 11. The molecule has 0 heterocycles. The van der Waals surface area contributed by atoms with Gasteiger partial charge in [-0.1, -0.05) is 30.7 Å². The molecule has 45 heavy (non-hydrogen) atoms. The molecule has 3 fully saturated rings. The third-order valence-electron chi connectivity index (χ3n) is 10.8. The van der Waals surface area contributed by atoms with Crippen molar-refractivity contribution in [2.24, 2.45) is 28.6 Å². The van der Waals surface area contributed by atoms with E-state index in [1.807, 2.05) is 6.92 Å². The first-order chi connectivity index (χ1) is 21.3. The normalized spacial score (nSPS) is 33.6. The largest absolute Gasteiger partial charge is 0.456 e. The molecule has 7 atom stereocenters. The number of amides is 1. The summed E-state index contributed by atoms with van der Waals surface area (Å²) < 4.78 is 22.4. The Kier molecular flexibility index (Phi) is 9.44. The Hall–Kier alpha value is -3.29. The van der Waals surface area contributed by atoms with Crippen LogP contribution in [0.25, 0.3) is 0 Å². The molecule has 4 aliphatic carbocycles. The molecule has 244 valence electrons. The zero-order chi connectivity index (χ0) is 32.6. The quantitative estimate of drug-likeness (QED) is 0.162. The molecule has 12 heteroatoms. The van der Waals surface area contributed by atoms with Gasteiger partial charge < -0.3 is 15.2 Å². The summed E-state index contributed by atoms with van der Waals surface area (Å²) in [6, 6.07) is 6.67. The lowest BCUT2D eigenvalue weighted by Gasteiger charge is -2.62.